The molecule has 0 radical (unpaired) electrons. The van der Waals surface area contributed by atoms with Crippen LogP contribution < -0.4 is 4.74 Å². The van der Waals surface area contributed by atoms with Gasteiger partial charge in [-0.2, -0.15) is 0 Å². The Labute approximate surface area is 146 Å². The van der Waals surface area contributed by atoms with Crippen LogP contribution in [0.5, 0.6) is 5.75 Å². The summed E-state index contributed by atoms with van der Waals surface area (Å²) in [6.45, 7) is 1.67. The Morgan fingerprint density at radius 2 is 1.88 bits per heavy atom. The molecule has 0 saturated heterocycles. The van der Waals surface area contributed by atoms with Crippen LogP contribution in [0.3, 0.4) is 0 Å². The largest absolute Gasteiger partial charge is 0.419 e. The first-order valence-electron chi connectivity index (χ1n) is 6.81. The highest BCUT2D eigenvalue weighted by atomic mass is 35.5. The third-order valence-corrected chi connectivity index (χ3v) is 3.94. The highest BCUT2D eigenvalue weighted by Gasteiger charge is 2.19. The fourth-order valence-corrected chi connectivity index (χ4v) is 2.34. The second-order valence-electron chi connectivity index (χ2n) is 4.81. The van der Waals surface area contributed by atoms with Gasteiger partial charge < -0.3 is 4.74 Å². The third kappa shape index (κ3) is 3.25. The molecule has 0 aliphatic carbocycles. The Balaban J connectivity index is 1.87. The summed E-state index contributed by atoms with van der Waals surface area (Å²) in [4.78, 5) is 16.3. The number of halogens is 3. The van der Waals surface area contributed by atoms with E-state index in [-0.39, 0.29) is 27.4 Å². The van der Waals surface area contributed by atoms with E-state index in [4.69, 9.17) is 27.9 Å². The van der Waals surface area contributed by atoms with Gasteiger partial charge in [-0.25, -0.2) is 18.9 Å². The van der Waals surface area contributed by atoms with E-state index in [1.807, 2.05) is 0 Å². The van der Waals surface area contributed by atoms with Gasteiger partial charge in [0.15, 0.2) is 5.75 Å². The first kappa shape index (κ1) is 16.4. The lowest BCUT2D eigenvalue weighted by atomic mass is 10.3. The van der Waals surface area contributed by atoms with Gasteiger partial charge in [-0.05, 0) is 43.3 Å². The van der Waals surface area contributed by atoms with E-state index in [1.165, 1.54) is 35.0 Å². The number of esters is 1. The van der Waals surface area contributed by atoms with Crippen molar-refractivity contribution in [1.82, 2.24) is 14.8 Å². The molecular formula is C16H10Cl2FN3O2. The SMILES string of the molecule is Cc1nc(C(=O)Oc2cccc(Cl)c2Cl)nn1-c1ccc(F)cc1. The number of carbonyl (C=O) groups excluding carboxylic acids is 1. The molecule has 1 aromatic heterocycles. The maximum atomic E-state index is 13.0. The van der Waals surface area contributed by atoms with E-state index >= 15 is 0 Å². The first-order valence-corrected chi connectivity index (χ1v) is 7.57. The zero-order valence-electron chi connectivity index (χ0n) is 12.3. The fraction of sp³-hybridized carbons (Fsp3) is 0.0625. The molecule has 3 rings (SSSR count). The van der Waals surface area contributed by atoms with Gasteiger partial charge in [0.25, 0.3) is 5.82 Å². The van der Waals surface area contributed by atoms with Gasteiger partial charge in [-0.1, -0.05) is 29.3 Å². The predicted molar refractivity (Wildman–Crippen MR) is 87.5 cm³/mol. The van der Waals surface area contributed by atoms with Crippen molar-refractivity contribution in [2.24, 2.45) is 0 Å². The molecule has 0 N–H and O–H groups in total. The summed E-state index contributed by atoms with van der Waals surface area (Å²) < 4.78 is 19.6. The van der Waals surface area contributed by atoms with Crippen molar-refractivity contribution in [3.05, 3.63) is 70.0 Å². The Hall–Kier alpha value is -2.44. The van der Waals surface area contributed by atoms with Crippen LogP contribution in [0.1, 0.15) is 16.4 Å². The summed E-state index contributed by atoms with van der Waals surface area (Å²) in [6, 6.07) is 10.3. The van der Waals surface area contributed by atoms with Crippen molar-refractivity contribution in [1.29, 1.82) is 0 Å². The molecular weight excluding hydrogens is 356 g/mol. The Morgan fingerprint density at radius 1 is 1.17 bits per heavy atom. The van der Waals surface area contributed by atoms with Gasteiger partial charge in [-0.3, -0.25) is 0 Å². The topological polar surface area (TPSA) is 57.0 Å². The summed E-state index contributed by atoms with van der Waals surface area (Å²) in [5, 5.41) is 4.48. The minimum atomic E-state index is -0.775. The monoisotopic (exact) mass is 365 g/mol. The van der Waals surface area contributed by atoms with E-state index in [2.05, 4.69) is 10.1 Å². The van der Waals surface area contributed by atoms with Crippen molar-refractivity contribution in [2.75, 3.05) is 0 Å². The number of aryl methyl sites for hydroxylation is 1. The summed E-state index contributed by atoms with van der Waals surface area (Å²) in [5.41, 5.74) is 0.571. The number of hydrogen-bond donors (Lipinski definition) is 0. The Kier molecular flexibility index (Phi) is 4.51. The molecule has 0 aliphatic rings. The first-order chi connectivity index (χ1) is 11.5. The van der Waals surface area contributed by atoms with E-state index in [1.54, 1.807) is 19.1 Å². The summed E-state index contributed by atoms with van der Waals surface area (Å²) in [7, 11) is 0. The molecule has 122 valence electrons. The van der Waals surface area contributed by atoms with Crippen LogP contribution in [-0.2, 0) is 0 Å². The van der Waals surface area contributed by atoms with Crippen LogP contribution in [0.15, 0.2) is 42.5 Å². The molecule has 0 spiro atoms. The van der Waals surface area contributed by atoms with Crippen LogP contribution in [0, 0.1) is 12.7 Å². The van der Waals surface area contributed by atoms with Crippen molar-refractivity contribution in [2.45, 2.75) is 6.92 Å². The van der Waals surface area contributed by atoms with Gasteiger partial charge in [-0.15, -0.1) is 5.10 Å². The lowest BCUT2D eigenvalue weighted by molar-refractivity contribution is 0.0722. The molecule has 0 aliphatic heterocycles. The average Bonchev–Trinajstić information content (AvgIpc) is 2.94. The van der Waals surface area contributed by atoms with Gasteiger partial charge in [0.1, 0.15) is 16.7 Å². The van der Waals surface area contributed by atoms with E-state index in [9.17, 15) is 9.18 Å². The minimum Gasteiger partial charge on any atom is -0.419 e. The summed E-state index contributed by atoms with van der Waals surface area (Å²) in [5.74, 6) is -0.724. The second kappa shape index (κ2) is 6.59. The second-order valence-corrected chi connectivity index (χ2v) is 5.60. The average molecular weight is 366 g/mol. The molecule has 0 fully saturated rings. The number of rotatable bonds is 3. The molecule has 2 aromatic carbocycles. The highest BCUT2D eigenvalue weighted by Crippen LogP contribution is 2.31. The third-order valence-electron chi connectivity index (χ3n) is 3.14. The van der Waals surface area contributed by atoms with Gasteiger partial charge in [0.05, 0.1) is 10.7 Å². The molecule has 0 atom stereocenters. The smallest absolute Gasteiger partial charge is 0.383 e. The van der Waals surface area contributed by atoms with E-state index in [0.717, 1.165) is 0 Å². The number of benzene rings is 2. The lowest BCUT2D eigenvalue weighted by Gasteiger charge is -2.05. The molecule has 5 nitrogen and oxygen atoms in total. The zero-order chi connectivity index (χ0) is 17.3. The molecule has 0 unspecified atom stereocenters. The molecule has 0 saturated carbocycles. The van der Waals surface area contributed by atoms with Crippen LogP contribution in [-0.4, -0.2) is 20.7 Å². The molecule has 0 amide bonds. The van der Waals surface area contributed by atoms with E-state index < -0.39 is 5.97 Å². The molecule has 24 heavy (non-hydrogen) atoms. The Bertz CT molecular complexity index is 910. The molecule has 0 bridgehead atoms. The van der Waals surface area contributed by atoms with Gasteiger partial charge in [0, 0.05) is 0 Å². The Morgan fingerprint density at radius 3 is 2.58 bits per heavy atom. The zero-order valence-corrected chi connectivity index (χ0v) is 13.8. The number of carbonyl (C=O) groups is 1. The highest BCUT2D eigenvalue weighted by molar-refractivity contribution is 6.43. The number of ether oxygens (including phenoxy) is 1. The maximum absolute atomic E-state index is 13.0. The molecule has 8 heteroatoms. The van der Waals surface area contributed by atoms with Crippen LogP contribution in [0.25, 0.3) is 5.69 Å². The molecule has 3 aromatic rings. The van der Waals surface area contributed by atoms with Crippen LogP contribution in [0.4, 0.5) is 4.39 Å². The lowest BCUT2D eigenvalue weighted by Crippen LogP contribution is -2.11. The number of nitrogens with zero attached hydrogens (tertiary/aromatic N) is 3. The molecule has 1 heterocycles. The van der Waals surface area contributed by atoms with Crippen LogP contribution in [0.2, 0.25) is 10.0 Å². The van der Waals surface area contributed by atoms with Crippen LogP contribution >= 0.6 is 23.2 Å². The normalized spacial score (nSPS) is 10.7. The summed E-state index contributed by atoms with van der Waals surface area (Å²) >= 11 is 11.9. The quantitative estimate of drug-likeness (QED) is 0.514. The summed E-state index contributed by atoms with van der Waals surface area (Å²) in [6.07, 6.45) is 0. The van der Waals surface area contributed by atoms with E-state index in [0.29, 0.717) is 11.5 Å². The van der Waals surface area contributed by atoms with Crippen molar-refractivity contribution >= 4 is 29.2 Å². The number of aromatic nitrogens is 3. The van der Waals surface area contributed by atoms with Gasteiger partial charge >= 0.3 is 5.97 Å². The van der Waals surface area contributed by atoms with Crippen molar-refractivity contribution < 1.29 is 13.9 Å². The number of hydrogen-bond acceptors (Lipinski definition) is 4. The maximum Gasteiger partial charge on any atom is 0.383 e. The fourth-order valence-electron chi connectivity index (χ4n) is 2.01. The van der Waals surface area contributed by atoms with Crippen molar-refractivity contribution in [3.63, 3.8) is 0 Å². The predicted octanol–water partition coefficient (Wildman–Crippen LogP) is 4.24. The standard InChI is InChI=1S/C16H10Cl2FN3O2/c1-9-20-15(21-22(9)11-7-5-10(19)6-8-11)16(23)24-13-4-2-3-12(17)14(13)18/h2-8H,1H3. The van der Waals surface area contributed by atoms with Crippen molar-refractivity contribution in [3.8, 4) is 11.4 Å². The minimum absolute atomic E-state index is 0.116. The van der Waals surface area contributed by atoms with Gasteiger partial charge in [0.2, 0.25) is 0 Å².